The zero-order valence-corrected chi connectivity index (χ0v) is 13.1. The lowest BCUT2D eigenvalue weighted by atomic mass is 10.0. The zero-order valence-electron chi connectivity index (χ0n) is 10.7. The summed E-state index contributed by atoms with van der Waals surface area (Å²) in [6.07, 6.45) is 1.91. The van der Waals surface area contributed by atoms with Crippen LogP contribution >= 0.6 is 27.5 Å². The molecular formula is C16H14BrClO2. The zero-order chi connectivity index (χ0) is 14.1. The normalized spacial score (nSPS) is 15.9. The summed E-state index contributed by atoms with van der Waals surface area (Å²) >= 11 is 9.35. The molecule has 3 rings (SSSR count). The SMILES string of the molecule is OC(c1cccc(OC2CC2)c1)c1ccc(Cl)c(Br)c1. The highest BCUT2D eigenvalue weighted by Gasteiger charge is 2.23. The van der Waals surface area contributed by atoms with Gasteiger partial charge in [-0.25, -0.2) is 0 Å². The molecule has 0 bridgehead atoms. The van der Waals surface area contributed by atoms with Gasteiger partial charge in [0, 0.05) is 4.47 Å². The lowest BCUT2D eigenvalue weighted by Crippen LogP contribution is -2.01. The van der Waals surface area contributed by atoms with E-state index in [1.807, 2.05) is 36.4 Å². The summed E-state index contributed by atoms with van der Waals surface area (Å²) in [5.74, 6) is 0.817. The average Bonchev–Trinajstić information content (AvgIpc) is 3.25. The first-order chi connectivity index (χ1) is 9.63. The Morgan fingerprint density at radius 2 is 1.90 bits per heavy atom. The van der Waals surface area contributed by atoms with Crippen molar-refractivity contribution in [1.29, 1.82) is 0 Å². The number of halogens is 2. The largest absolute Gasteiger partial charge is 0.490 e. The van der Waals surface area contributed by atoms with Crippen molar-refractivity contribution >= 4 is 27.5 Å². The number of aliphatic hydroxyl groups is 1. The first-order valence-electron chi connectivity index (χ1n) is 6.53. The van der Waals surface area contributed by atoms with E-state index in [1.165, 1.54) is 0 Å². The first kappa shape index (κ1) is 13.9. The number of rotatable bonds is 4. The number of hydrogen-bond acceptors (Lipinski definition) is 2. The van der Waals surface area contributed by atoms with Crippen molar-refractivity contribution in [1.82, 2.24) is 0 Å². The monoisotopic (exact) mass is 352 g/mol. The molecule has 1 N–H and O–H groups in total. The molecule has 20 heavy (non-hydrogen) atoms. The molecule has 0 aromatic heterocycles. The molecule has 2 aromatic carbocycles. The summed E-state index contributed by atoms with van der Waals surface area (Å²) in [6, 6.07) is 13.0. The van der Waals surface area contributed by atoms with E-state index in [1.54, 1.807) is 6.07 Å². The lowest BCUT2D eigenvalue weighted by Gasteiger charge is -2.14. The van der Waals surface area contributed by atoms with E-state index < -0.39 is 6.10 Å². The van der Waals surface area contributed by atoms with Crippen molar-refractivity contribution in [2.75, 3.05) is 0 Å². The summed E-state index contributed by atoms with van der Waals surface area (Å²) < 4.78 is 6.53. The van der Waals surface area contributed by atoms with Crippen molar-refractivity contribution in [2.24, 2.45) is 0 Å². The van der Waals surface area contributed by atoms with Gasteiger partial charge in [0.2, 0.25) is 0 Å². The molecule has 1 atom stereocenters. The summed E-state index contributed by atoms with van der Waals surface area (Å²) in [4.78, 5) is 0. The van der Waals surface area contributed by atoms with Gasteiger partial charge in [0.25, 0.3) is 0 Å². The minimum atomic E-state index is -0.689. The maximum Gasteiger partial charge on any atom is 0.120 e. The minimum Gasteiger partial charge on any atom is -0.490 e. The van der Waals surface area contributed by atoms with E-state index in [9.17, 15) is 5.11 Å². The quantitative estimate of drug-likeness (QED) is 0.861. The second kappa shape index (κ2) is 5.76. The first-order valence-corrected chi connectivity index (χ1v) is 7.70. The van der Waals surface area contributed by atoms with Gasteiger partial charge in [-0.3, -0.25) is 0 Å². The second-order valence-corrected chi connectivity index (χ2v) is 6.23. The Kier molecular flexibility index (Phi) is 4.01. The molecule has 104 valence electrons. The third-order valence-electron chi connectivity index (χ3n) is 3.26. The molecule has 1 aliphatic carbocycles. The Balaban J connectivity index is 1.84. The fourth-order valence-electron chi connectivity index (χ4n) is 2.01. The summed E-state index contributed by atoms with van der Waals surface area (Å²) in [6.45, 7) is 0. The molecule has 2 nitrogen and oxygen atoms in total. The van der Waals surface area contributed by atoms with Gasteiger partial charge in [-0.2, -0.15) is 0 Å². The summed E-state index contributed by atoms with van der Waals surface area (Å²) in [5, 5.41) is 11.1. The van der Waals surface area contributed by atoms with E-state index in [0.29, 0.717) is 11.1 Å². The number of benzene rings is 2. The maximum absolute atomic E-state index is 10.5. The summed E-state index contributed by atoms with van der Waals surface area (Å²) in [7, 11) is 0. The van der Waals surface area contributed by atoms with E-state index in [0.717, 1.165) is 34.2 Å². The molecule has 1 saturated carbocycles. The molecule has 0 heterocycles. The number of hydrogen-bond donors (Lipinski definition) is 1. The van der Waals surface area contributed by atoms with Gasteiger partial charge in [0.05, 0.1) is 11.1 Å². The van der Waals surface area contributed by atoms with Crippen molar-refractivity contribution < 1.29 is 9.84 Å². The molecule has 2 aromatic rings. The summed E-state index contributed by atoms with van der Waals surface area (Å²) in [5.41, 5.74) is 1.61. The minimum absolute atomic E-state index is 0.354. The average molecular weight is 354 g/mol. The Morgan fingerprint density at radius 3 is 2.60 bits per heavy atom. The van der Waals surface area contributed by atoms with Gasteiger partial charge in [0.15, 0.2) is 0 Å². The molecule has 0 radical (unpaired) electrons. The van der Waals surface area contributed by atoms with Crippen molar-refractivity contribution in [3.8, 4) is 5.75 Å². The van der Waals surface area contributed by atoms with Gasteiger partial charge in [0.1, 0.15) is 11.9 Å². The van der Waals surface area contributed by atoms with Crippen LogP contribution in [0.15, 0.2) is 46.9 Å². The van der Waals surface area contributed by atoms with Gasteiger partial charge in [-0.15, -0.1) is 0 Å². The van der Waals surface area contributed by atoms with Crippen LogP contribution in [0.3, 0.4) is 0 Å². The van der Waals surface area contributed by atoms with E-state index in [4.69, 9.17) is 16.3 Å². The van der Waals surface area contributed by atoms with Gasteiger partial charge < -0.3 is 9.84 Å². The molecule has 1 unspecified atom stereocenters. The van der Waals surface area contributed by atoms with Crippen LogP contribution in [-0.2, 0) is 0 Å². The fourth-order valence-corrected chi connectivity index (χ4v) is 2.53. The highest BCUT2D eigenvalue weighted by atomic mass is 79.9. The Labute approximate surface area is 131 Å². The fraction of sp³-hybridized carbons (Fsp3) is 0.250. The molecule has 0 spiro atoms. The number of ether oxygens (including phenoxy) is 1. The van der Waals surface area contributed by atoms with E-state index >= 15 is 0 Å². The van der Waals surface area contributed by atoms with Crippen LogP contribution in [0.2, 0.25) is 5.02 Å². The topological polar surface area (TPSA) is 29.5 Å². The van der Waals surface area contributed by atoms with Crippen LogP contribution < -0.4 is 4.74 Å². The third kappa shape index (κ3) is 3.17. The molecule has 4 heteroatoms. The van der Waals surface area contributed by atoms with Gasteiger partial charge in [-0.05, 0) is 64.2 Å². The van der Waals surface area contributed by atoms with Crippen LogP contribution in [0.5, 0.6) is 5.75 Å². The molecule has 1 fully saturated rings. The van der Waals surface area contributed by atoms with Crippen molar-refractivity contribution in [2.45, 2.75) is 25.0 Å². The maximum atomic E-state index is 10.5. The van der Waals surface area contributed by atoms with Gasteiger partial charge >= 0.3 is 0 Å². The predicted molar refractivity (Wildman–Crippen MR) is 83.3 cm³/mol. The second-order valence-electron chi connectivity index (χ2n) is 4.97. The van der Waals surface area contributed by atoms with Gasteiger partial charge in [-0.1, -0.05) is 29.8 Å². The standard InChI is InChI=1S/C16H14BrClO2/c17-14-9-11(4-7-15(14)18)16(19)10-2-1-3-13(8-10)20-12-5-6-12/h1-4,7-9,12,16,19H,5-6H2. The Hall–Kier alpha value is -1.03. The highest BCUT2D eigenvalue weighted by Crippen LogP contribution is 2.32. The van der Waals surface area contributed by atoms with Crippen LogP contribution in [0.1, 0.15) is 30.1 Å². The van der Waals surface area contributed by atoms with Crippen LogP contribution in [0.25, 0.3) is 0 Å². The Bertz CT molecular complexity index is 626. The molecule has 0 aliphatic heterocycles. The molecule has 0 saturated heterocycles. The van der Waals surface area contributed by atoms with Crippen molar-refractivity contribution in [3.05, 3.63) is 63.1 Å². The lowest BCUT2D eigenvalue weighted by molar-refractivity contribution is 0.219. The van der Waals surface area contributed by atoms with E-state index in [2.05, 4.69) is 15.9 Å². The molecule has 1 aliphatic rings. The van der Waals surface area contributed by atoms with E-state index in [-0.39, 0.29) is 0 Å². The van der Waals surface area contributed by atoms with Crippen LogP contribution in [0.4, 0.5) is 0 Å². The van der Waals surface area contributed by atoms with Crippen molar-refractivity contribution in [3.63, 3.8) is 0 Å². The smallest absolute Gasteiger partial charge is 0.120 e. The predicted octanol–water partition coefficient (Wildman–Crippen LogP) is 4.73. The number of aliphatic hydroxyl groups excluding tert-OH is 1. The molecule has 0 amide bonds. The van der Waals surface area contributed by atoms with Crippen LogP contribution in [-0.4, -0.2) is 11.2 Å². The Morgan fingerprint density at radius 1 is 1.15 bits per heavy atom. The molecular weight excluding hydrogens is 340 g/mol. The highest BCUT2D eigenvalue weighted by molar-refractivity contribution is 9.10. The third-order valence-corrected chi connectivity index (χ3v) is 4.47. The van der Waals surface area contributed by atoms with Crippen LogP contribution in [0, 0.1) is 0 Å².